The van der Waals surface area contributed by atoms with Gasteiger partial charge in [0.1, 0.15) is 0 Å². The van der Waals surface area contributed by atoms with Crippen LogP contribution in [0.5, 0.6) is 0 Å². The Morgan fingerprint density at radius 2 is 1.79 bits per heavy atom. The second-order valence-corrected chi connectivity index (χ2v) is 9.12. The maximum Gasteiger partial charge on any atom is 0.330 e. The number of ether oxygens (including phenoxy) is 1. The number of allylic oxidation sites excluding steroid dienone is 4. The number of carbonyl (C=O) groups excluding carboxylic acids is 1. The third-order valence-electron chi connectivity index (χ3n) is 4.50. The predicted molar refractivity (Wildman–Crippen MR) is 112 cm³/mol. The van der Waals surface area contributed by atoms with Crippen LogP contribution < -0.4 is 0 Å². The van der Waals surface area contributed by atoms with Crippen molar-refractivity contribution in [1.29, 1.82) is 0 Å². The van der Waals surface area contributed by atoms with Crippen molar-refractivity contribution in [1.82, 2.24) is 0 Å². The first kappa shape index (κ1) is 20.3. The van der Waals surface area contributed by atoms with Gasteiger partial charge in [-0.2, -0.15) is 0 Å². The molecule has 1 aliphatic rings. The Labute approximate surface area is 173 Å². The van der Waals surface area contributed by atoms with E-state index in [0.717, 1.165) is 10.0 Å². The Morgan fingerprint density at radius 3 is 2.43 bits per heavy atom. The summed E-state index contributed by atoms with van der Waals surface area (Å²) in [7, 11) is -2.41. The third kappa shape index (κ3) is 4.51. The average Bonchev–Trinajstić information content (AvgIpc) is 2.73. The van der Waals surface area contributed by atoms with E-state index in [4.69, 9.17) is 0 Å². The van der Waals surface area contributed by atoms with Crippen LogP contribution in [0.3, 0.4) is 0 Å². The van der Waals surface area contributed by atoms with Gasteiger partial charge in [-0.15, -0.1) is 0 Å². The Morgan fingerprint density at radius 1 is 1.11 bits per heavy atom. The van der Waals surface area contributed by atoms with Crippen molar-refractivity contribution in [3.8, 4) is 0 Å². The van der Waals surface area contributed by atoms with Gasteiger partial charge in [-0.1, -0.05) is 58.4 Å². The van der Waals surface area contributed by atoms with Crippen molar-refractivity contribution >= 4 is 31.7 Å². The minimum absolute atomic E-state index is 0.0140. The van der Waals surface area contributed by atoms with Crippen molar-refractivity contribution in [3.05, 3.63) is 99.4 Å². The Kier molecular flexibility index (Phi) is 6.31. The Hall–Kier alpha value is -2.44. The standard InChI is InChI=1S/C22H19BrO4S/c1-27-22(24)14-10-18-15-17(16-7-11-19(23)12-8-16)9-13-21(18)28(25,26)20-5-3-2-4-6-20/h2-14,17H,15H2,1H3/b14-10+. The van der Waals surface area contributed by atoms with E-state index in [9.17, 15) is 13.2 Å². The zero-order valence-electron chi connectivity index (χ0n) is 15.2. The first-order valence-corrected chi connectivity index (χ1v) is 10.9. The van der Waals surface area contributed by atoms with Crippen LogP contribution >= 0.6 is 15.9 Å². The Bertz CT molecular complexity index is 1050. The average molecular weight is 459 g/mol. The SMILES string of the molecule is COC(=O)/C=C/C1=C(S(=O)(=O)c2ccccc2)C=CC(c2ccc(Br)cc2)C1. The molecule has 6 heteroatoms. The van der Waals surface area contributed by atoms with E-state index in [0.29, 0.717) is 12.0 Å². The molecule has 4 nitrogen and oxygen atoms in total. The van der Waals surface area contributed by atoms with E-state index in [1.54, 1.807) is 36.4 Å². The number of rotatable bonds is 5. The summed E-state index contributed by atoms with van der Waals surface area (Å²) in [6.45, 7) is 0. The molecule has 1 unspecified atom stereocenters. The third-order valence-corrected chi connectivity index (χ3v) is 6.90. The molecule has 1 atom stereocenters. The number of halogens is 1. The minimum Gasteiger partial charge on any atom is -0.466 e. The predicted octanol–water partition coefficient (Wildman–Crippen LogP) is 4.95. The number of benzene rings is 2. The van der Waals surface area contributed by atoms with Crippen LogP contribution in [0.15, 0.2) is 98.7 Å². The molecule has 0 bridgehead atoms. The van der Waals surface area contributed by atoms with Gasteiger partial charge in [-0.25, -0.2) is 13.2 Å². The fourth-order valence-electron chi connectivity index (χ4n) is 3.03. The molecule has 3 rings (SSSR count). The zero-order valence-corrected chi connectivity index (χ0v) is 17.6. The lowest BCUT2D eigenvalue weighted by atomic mass is 9.88. The van der Waals surface area contributed by atoms with Gasteiger partial charge in [-0.05, 0) is 47.9 Å². The lowest BCUT2D eigenvalue weighted by Crippen LogP contribution is -2.11. The first-order valence-electron chi connectivity index (χ1n) is 8.65. The largest absolute Gasteiger partial charge is 0.466 e. The molecule has 0 saturated carbocycles. The first-order chi connectivity index (χ1) is 13.4. The van der Waals surface area contributed by atoms with E-state index < -0.39 is 15.8 Å². The molecule has 0 aliphatic heterocycles. The van der Waals surface area contributed by atoms with E-state index in [1.165, 1.54) is 19.3 Å². The topological polar surface area (TPSA) is 60.4 Å². The summed E-state index contributed by atoms with van der Waals surface area (Å²) < 4.78 is 31.9. The lowest BCUT2D eigenvalue weighted by Gasteiger charge is -2.21. The molecule has 0 radical (unpaired) electrons. The van der Waals surface area contributed by atoms with Gasteiger partial charge in [0.2, 0.25) is 9.84 Å². The van der Waals surface area contributed by atoms with Gasteiger partial charge in [0.05, 0.1) is 16.9 Å². The molecule has 0 aromatic heterocycles. The number of methoxy groups -OCH3 is 1. The molecule has 0 heterocycles. The molecule has 0 amide bonds. The maximum absolute atomic E-state index is 13.1. The molecular formula is C22H19BrO4S. The van der Waals surface area contributed by atoms with Crippen LogP contribution in [0.2, 0.25) is 0 Å². The van der Waals surface area contributed by atoms with Crippen molar-refractivity contribution in [2.45, 2.75) is 17.2 Å². The van der Waals surface area contributed by atoms with E-state index in [2.05, 4.69) is 20.7 Å². The normalized spacial score (nSPS) is 17.1. The Balaban J connectivity index is 2.03. The molecule has 28 heavy (non-hydrogen) atoms. The zero-order chi connectivity index (χ0) is 20.1. The highest BCUT2D eigenvalue weighted by atomic mass is 79.9. The molecule has 2 aromatic carbocycles. The molecule has 0 spiro atoms. The highest BCUT2D eigenvalue weighted by Gasteiger charge is 2.26. The summed E-state index contributed by atoms with van der Waals surface area (Å²) in [4.78, 5) is 12.0. The molecule has 0 fully saturated rings. The van der Waals surface area contributed by atoms with Crippen LogP contribution in [0, 0.1) is 0 Å². The highest BCUT2D eigenvalue weighted by Crippen LogP contribution is 2.36. The molecule has 0 N–H and O–H groups in total. The second-order valence-electron chi connectivity index (χ2n) is 6.28. The van der Waals surface area contributed by atoms with Crippen LogP contribution in [0.1, 0.15) is 17.9 Å². The maximum atomic E-state index is 13.1. The van der Waals surface area contributed by atoms with Crippen molar-refractivity contribution in [2.75, 3.05) is 7.11 Å². The number of hydrogen-bond donors (Lipinski definition) is 0. The molecular weight excluding hydrogens is 440 g/mol. The van der Waals surface area contributed by atoms with Crippen LogP contribution in [0.4, 0.5) is 0 Å². The van der Waals surface area contributed by atoms with Crippen LogP contribution in [0.25, 0.3) is 0 Å². The quantitative estimate of drug-likeness (QED) is 0.469. The molecule has 144 valence electrons. The van der Waals surface area contributed by atoms with Gasteiger partial charge < -0.3 is 4.74 Å². The summed E-state index contributed by atoms with van der Waals surface area (Å²) >= 11 is 3.42. The van der Waals surface area contributed by atoms with Gasteiger partial charge in [-0.3, -0.25) is 0 Å². The van der Waals surface area contributed by atoms with E-state index in [1.807, 2.05) is 30.3 Å². The van der Waals surface area contributed by atoms with Crippen molar-refractivity contribution in [3.63, 3.8) is 0 Å². The number of hydrogen-bond acceptors (Lipinski definition) is 4. The summed E-state index contributed by atoms with van der Waals surface area (Å²) in [5, 5.41) is 0. The lowest BCUT2D eigenvalue weighted by molar-refractivity contribution is -0.134. The van der Waals surface area contributed by atoms with Gasteiger partial charge in [0, 0.05) is 16.5 Å². The second kappa shape index (κ2) is 8.71. The number of carbonyl (C=O) groups is 1. The number of esters is 1. The molecule has 2 aromatic rings. The highest BCUT2D eigenvalue weighted by molar-refractivity contribution is 9.10. The van der Waals surface area contributed by atoms with E-state index >= 15 is 0 Å². The fourth-order valence-corrected chi connectivity index (χ4v) is 4.82. The molecule has 0 saturated heterocycles. The summed E-state index contributed by atoms with van der Waals surface area (Å²) in [5.41, 5.74) is 1.64. The van der Waals surface area contributed by atoms with E-state index in [-0.39, 0.29) is 15.7 Å². The van der Waals surface area contributed by atoms with Gasteiger partial charge in [0.15, 0.2) is 0 Å². The summed E-state index contributed by atoms with van der Waals surface area (Å²) in [6, 6.07) is 16.2. The van der Waals surface area contributed by atoms with Crippen LogP contribution in [-0.2, 0) is 19.4 Å². The summed E-state index contributed by atoms with van der Waals surface area (Å²) in [6.07, 6.45) is 6.79. The minimum atomic E-state index is -3.70. The molecule has 1 aliphatic carbocycles. The monoisotopic (exact) mass is 458 g/mol. The number of sulfone groups is 1. The van der Waals surface area contributed by atoms with Crippen molar-refractivity contribution < 1.29 is 17.9 Å². The fraction of sp³-hybridized carbons (Fsp3) is 0.136. The summed E-state index contributed by atoms with van der Waals surface area (Å²) in [5.74, 6) is -0.515. The van der Waals surface area contributed by atoms with Crippen LogP contribution in [-0.4, -0.2) is 21.5 Å². The smallest absolute Gasteiger partial charge is 0.330 e. The van der Waals surface area contributed by atoms with Gasteiger partial charge >= 0.3 is 5.97 Å². The van der Waals surface area contributed by atoms with Gasteiger partial charge in [0.25, 0.3) is 0 Å². The van der Waals surface area contributed by atoms with Crippen molar-refractivity contribution in [2.24, 2.45) is 0 Å².